The largest absolute Gasteiger partial charge is 0.378 e. The van der Waals surface area contributed by atoms with Gasteiger partial charge in [-0.05, 0) is 31.3 Å². The summed E-state index contributed by atoms with van der Waals surface area (Å²) in [5.74, 6) is 0. The van der Waals surface area contributed by atoms with Crippen LogP contribution in [-0.4, -0.2) is 24.5 Å². The minimum atomic E-state index is 0.275. The first kappa shape index (κ1) is 8.82. The Balaban J connectivity index is 2.32. The highest BCUT2D eigenvalue weighted by molar-refractivity contribution is 5.33. The van der Waals surface area contributed by atoms with E-state index in [1.165, 1.54) is 37.1 Å². The zero-order chi connectivity index (χ0) is 9.26. The highest BCUT2D eigenvalue weighted by Gasteiger charge is 2.20. The van der Waals surface area contributed by atoms with E-state index in [2.05, 4.69) is 24.1 Å². The number of nitrogens with zero attached hydrogens (tertiary/aromatic N) is 1. The molecule has 2 aliphatic rings. The fourth-order valence-electron chi connectivity index (χ4n) is 2.26. The molecule has 2 N–H and O–H groups in total. The van der Waals surface area contributed by atoms with Crippen LogP contribution >= 0.6 is 0 Å². The van der Waals surface area contributed by atoms with E-state index < -0.39 is 0 Å². The van der Waals surface area contributed by atoms with Crippen LogP contribution in [0.5, 0.6) is 0 Å². The minimum Gasteiger partial charge on any atom is -0.378 e. The molecule has 0 saturated heterocycles. The Labute approximate surface area is 80.1 Å². The Bertz CT molecular complexity index is 253. The third-order valence-electron chi connectivity index (χ3n) is 3.05. The Hall–Kier alpha value is -0.760. The maximum absolute atomic E-state index is 6.12. The Kier molecular flexibility index (Phi) is 2.40. The first-order valence-electron chi connectivity index (χ1n) is 5.15. The molecule has 0 fully saturated rings. The van der Waals surface area contributed by atoms with Gasteiger partial charge in [0, 0.05) is 25.3 Å². The average molecular weight is 178 g/mol. The SMILES string of the molecule is CN1CCCC(N)C2=C1CCC=C2. The van der Waals surface area contributed by atoms with Crippen LogP contribution in [0.3, 0.4) is 0 Å². The lowest BCUT2D eigenvalue weighted by atomic mass is 9.96. The second-order valence-corrected chi connectivity index (χ2v) is 4.01. The van der Waals surface area contributed by atoms with Crippen LogP contribution in [0.4, 0.5) is 0 Å². The van der Waals surface area contributed by atoms with Crippen LogP contribution in [0.25, 0.3) is 0 Å². The van der Waals surface area contributed by atoms with Gasteiger partial charge in [-0.25, -0.2) is 0 Å². The summed E-state index contributed by atoms with van der Waals surface area (Å²) in [6.07, 6.45) is 9.18. The van der Waals surface area contributed by atoms with Crippen molar-refractivity contribution in [2.45, 2.75) is 31.7 Å². The molecule has 1 unspecified atom stereocenters. The Morgan fingerprint density at radius 1 is 1.54 bits per heavy atom. The normalized spacial score (nSPS) is 28.8. The number of hydrogen-bond donors (Lipinski definition) is 1. The summed E-state index contributed by atoms with van der Waals surface area (Å²) >= 11 is 0. The molecule has 0 saturated carbocycles. The first-order chi connectivity index (χ1) is 6.29. The Morgan fingerprint density at radius 3 is 3.23 bits per heavy atom. The monoisotopic (exact) mass is 178 g/mol. The maximum atomic E-state index is 6.12. The van der Waals surface area contributed by atoms with Crippen molar-refractivity contribution in [3.05, 3.63) is 23.4 Å². The van der Waals surface area contributed by atoms with Crippen molar-refractivity contribution in [3.8, 4) is 0 Å². The highest BCUT2D eigenvalue weighted by Crippen LogP contribution is 2.27. The van der Waals surface area contributed by atoms with Crippen LogP contribution in [0.15, 0.2) is 23.4 Å². The molecule has 1 aliphatic carbocycles. The van der Waals surface area contributed by atoms with Gasteiger partial charge in [-0.2, -0.15) is 0 Å². The fraction of sp³-hybridized carbons (Fsp3) is 0.636. The van der Waals surface area contributed by atoms with Gasteiger partial charge in [0.2, 0.25) is 0 Å². The van der Waals surface area contributed by atoms with Gasteiger partial charge >= 0.3 is 0 Å². The van der Waals surface area contributed by atoms with Crippen molar-refractivity contribution >= 4 is 0 Å². The third-order valence-corrected chi connectivity index (χ3v) is 3.05. The Morgan fingerprint density at radius 2 is 2.38 bits per heavy atom. The third kappa shape index (κ3) is 1.63. The van der Waals surface area contributed by atoms with Gasteiger partial charge in [0.25, 0.3) is 0 Å². The van der Waals surface area contributed by atoms with Crippen LogP contribution in [0.2, 0.25) is 0 Å². The van der Waals surface area contributed by atoms with Crippen molar-refractivity contribution in [2.24, 2.45) is 5.73 Å². The molecule has 1 aliphatic heterocycles. The van der Waals surface area contributed by atoms with E-state index in [1.807, 2.05) is 0 Å². The highest BCUT2D eigenvalue weighted by atomic mass is 15.1. The van der Waals surface area contributed by atoms with E-state index in [0.29, 0.717) is 0 Å². The molecular formula is C11H18N2. The number of nitrogens with two attached hydrogens (primary N) is 1. The summed E-state index contributed by atoms with van der Waals surface area (Å²) < 4.78 is 0. The summed E-state index contributed by atoms with van der Waals surface area (Å²) in [5.41, 5.74) is 8.98. The number of rotatable bonds is 0. The lowest BCUT2D eigenvalue weighted by Gasteiger charge is -2.25. The van der Waals surface area contributed by atoms with Crippen molar-refractivity contribution in [1.82, 2.24) is 4.90 Å². The van der Waals surface area contributed by atoms with E-state index in [9.17, 15) is 0 Å². The van der Waals surface area contributed by atoms with E-state index in [4.69, 9.17) is 5.73 Å². The molecule has 0 amide bonds. The van der Waals surface area contributed by atoms with Crippen molar-refractivity contribution < 1.29 is 0 Å². The molecule has 0 spiro atoms. The molecule has 0 bridgehead atoms. The quantitative estimate of drug-likeness (QED) is 0.611. The molecule has 0 aromatic carbocycles. The smallest absolute Gasteiger partial charge is 0.0312 e. The molecule has 13 heavy (non-hydrogen) atoms. The van der Waals surface area contributed by atoms with Gasteiger partial charge in [-0.1, -0.05) is 12.2 Å². The molecule has 2 nitrogen and oxygen atoms in total. The van der Waals surface area contributed by atoms with Crippen molar-refractivity contribution in [3.63, 3.8) is 0 Å². The van der Waals surface area contributed by atoms with E-state index in [0.717, 1.165) is 6.42 Å². The molecule has 0 aromatic heterocycles. The lowest BCUT2D eigenvalue weighted by molar-refractivity contribution is 0.398. The molecule has 72 valence electrons. The topological polar surface area (TPSA) is 29.3 Å². The molecule has 2 heteroatoms. The second-order valence-electron chi connectivity index (χ2n) is 4.01. The molecule has 0 radical (unpaired) electrons. The molecule has 1 heterocycles. The molecular weight excluding hydrogens is 160 g/mol. The van der Waals surface area contributed by atoms with Crippen LogP contribution in [0, 0.1) is 0 Å². The molecule has 1 atom stereocenters. The van der Waals surface area contributed by atoms with Gasteiger partial charge in [0.1, 0.15) is 0 Å². The summed E-state index contributed by atoms with van der Waals surface area (Å²) in [6.45, 7) is 1.17. The lowest BCUT2D eigenvalue weighted by Crippen LogP contribution is -2.24. The van der Waals surface area contributed by atoms with Gasteiger partial charge in [0.15, 0.2) is 0 Å². The van der Waals surface area contributed by atoms with Gasteiger partial charge in [-0.3, -0.25) is 0 Å². The minimum absolute atomic E-state index is 0.275. The fourth-order valence-corrected chi connectivity index (χ4v) is 2.26. The van der Waals surface area contributed by atoms with Crippen LogP contribution in [0.1, 0.15) is 25.7 Å². The zero-order valence-corrected chi connectivity index (χ0v) is 8.29. The van der Waals surface area contributed by atoms with Gasteiger partial charge in [0.05, 0.1) is 0 Å². The van der Waals surface area contributed by atoms with Gasteiger partial charge in [-0.15, -0.1) is 0 Å². The standard InChI is InChI=1S/C11H18N2/c1-13-8-4-6-10(12)9-5-2-3-7-11(9)13/h2,5,10H,3-4,6-8,12H2,1H3. The summed E-state index contributed by atoms with van der Waals surface area (Å²) in [5, 5.41) is 0. The predicted molar refractivity (Wildman–Crippen MR) is 55.2 cm³/mol. The molecule has 0 aromatic rings. The van der Waals surface area contributed by atoms with Gasteiger partial charge < -0.3 is 10.6 Å². The maximum Gasteiger partial charge on any atom is 0.0312 e. The van der Waals surface area contributed by atoms with Crippen molar-refractivity contribution in [2.75, 3.05) is 13.6 Å². The summed E-state index contributed by atoms with van der Waals surface area (Å²) in [4.78, 5) is 2.38. The van der Waals surface area contributed by atoms with E-state index in [1.54, 1.807) is 0 Å². The zero-order valence-electron chi connectivity index (χ0n) is 8.29. The van der Waals surface area contributed by atoms with Crippen LogP contribution in [-0.2, 0) is 0 Å². The summed E-state index contributed by atoms with van der Waals surface area (Å²) in [6, 6.07) is 0.275. The van der Waals surface area contributed by atoms with E-state index >= 15 is 0 Å². The first-order valence-corrected chi connectivity index (χ1v) is 5.15. The van der Waals surface area contributed by atoms with Crippen molar-refractivity contribution in [1.29, 1.82) is 0 Å². The predicted octanol–water partition coefficient (Wildman–Crippen LogP) is 1.64. The van der Waals surface area contributed by atoms with E-state index in [-0.39, 0.29) is 6.04 Å². The van der Waals surface area contributed by atoms with Crippen LogP contribution < -0.4 is 5.73 Å². The second kappa shape index (κ2) is 3.54. The average Bonchev–Trinajstić information content (AvgIpc) is 2.29. The number of hydrogen-bond acceptors (Lipinski definition) is 2. The molecule has 2 rings (SSSR count). The summed E-state index contributed by atoms with van der Waals surface area (Å²) in [7, 11) is 2.19. The number of allylic oxidation sites excluding steroid dienone is 2.